The lowest BCUT2D eigenvalue weighted by molar-refractivity contribution is -0.138. The van der Waals surface area contributed by atoms with E-state index in [2.05, 4.69) is 0 Å². The maximum absolute atomic E-state index is 12.9. The summed E-state index contributed by atoms with van der Waals surface area (Å²) >= 11 is 0. The predicted octanol–water partition coefficient (Wildman–Crippen LogP) is 0.663. The minimum absolute atomic E-state index is 0.0306. The van der Waals surface area contributed by atoms with Gasteiger partial charge < -0.3 is 15.5 Å². The fourth-order valence-corrected chi connectivity index (χ4v) is 4.45. The Kier molecular flexibility index (Phi) is 5.63. The molecule has 1 aliphatic carbocycles. The zero-order valence-corrected chi connectivity index (χ0v) is 15.4. The van der Waals surface area contributed by atoms with E-state index in [9.17, 15) is 19.2 Å². The number of Topliss-reactive ketones (excluding diaryl/α,β-unsaturated/α-hetero) is 1. The van der Waals surface area contributed by atoms with Crippen LogP contribution in [0.25, 0.3) is 0 Å². The van der Waals surface area contributed by atoms with Crippen molar-refractivity contribution in [2.24, 2.45) is 17.6 Å². The molecular formula is C19H28N3O4. The zero-order valence-electron chi connectivity index (χ0n) is 15.4. The van der Waals surface area contributed by atoms with E-state index in [0.29, 0.717) is 13.0 Å². The summed E-state index contributed by atoms with van der Waals surface area (Å²) in [6, 6.07) is -0.724. The van der Waals surface area contributed by atoms with Crippen molar-refractivity contribution in [2.75, 3.05) is 13.1 Å². The summed E-state index contributed by atoms with van der Waals surface area (Å²) in [5, 5.41) is 0. The van der Waals surface area contributed by atoms with Crippen molar-refractivity contribution in [3.8, 4) is 0 Å². The molecule has 3 fully saturated rings. The van der Waals surface area contributed by atoms with E-state index >= 15 is 0 Å². The summed E-state index contributed by atoms with van der Waals surface area (Å²) < 4.78 is 0. The number of rotatable bonds is 5. The first-order valence-corrected chi connectivity index (χ1v) is 9.66. The number of nitrogens with two attached hydrogens (primary N) is 1. The van der Waals surface area contributed by atoms with Gasteiger partial charge in [-0.25, -0.2) is 0 Å². The van der Waals surface area contributed by atoms with Crippen molar-refractivity contribution in [3.63, 3.8) is 0 Å². The van der Waals surface area contributed by atoms with E-state index in [1.165, 1.54) is 12.8 Å². The highest BCUT2D eigenvalue weighted by molar-refractivity contribution is 5.99. The molecular weight excluding hydrogens is 334 g/mol. The molecule has 0 aromatic rings. The van der Waals surface area contributed by atoms with Crippen LogP contribution in [0.2, 0.25) is 0 Å². The summed E-state index contributed by atoms with van der Waals surface area (Å²) in [5.41, 5.74) is 5.22. The van der Waals surface area contributed by atoms with Crippen LogP contribution in [0, 0.1) is 18.3 Å². The minimum Gasteiger partial charge on any atom is -0.369 e. The van der Waals surface area contributed by atoms with E-state index in [-0.39, 0.29) is 42.5 Å². The summed E-state index contributed by atoms with van der Waals surface area (Å²) in [7, 11) is 0. The lowest BCUT2D eigenvalue weighted by atomic mass is 9.88. The van der Waals surface area contributed by atoms with Gasteiger partial charge >= 0.3 is 0 Å². The molecule has 0 bridgehead atoms. The first-order chi connectivity index (χ1) is 12.4. The molecule has 1 radical (unpaired) electrons. The van der Waals surface area contributed by atoms with Crippen LogP contribution in [0.5, 0.6) is 0 Å². The van der Waals surface area contributed by atoms with Gasteiger partial charge in [-0.05, 0) is 25.7 Å². The zero-order chi connectivity index (χ0) is 18.8. The third kappa shape index (κ3) is 3.62. The van der Waals surface area contributed by atoms with Crippen LogP contribution in [0.4, 0.5) is 0 Å². The second-order valence-corrected chi connectivity index (χ2v) is 7.84. The highest BCUT2D eigenvalue weighted by Crippen LogP contribution is 2.34. The number of amides is 3. The van der Waals surface area contributed by atoms with Gasteiger partial charge in [0.1, 0.15) is 6.04 Å². The van der Waals surface area contributed by atoms with Crippen LogP contribution >= 0.6 is 0 Å². The molecule has 3 atom stereocenters. The smallest absolute Gasteiger partial charge is 0.227 e. The Labute approximate surface area is 154 Å². The second-order valence-electron chi connectivity index (χ2n) is 7.84. The van der Waals surface area contributed by atoms with E-state index in [4.69, 9.17) is 5.73 Å². The van der Waals surface area contributed by atoms with Crippen molar-refractivity contribution in [1.29, 1.82) is 0 Å². The van der Waals surface area contributed by atoms with E-state index in [1.807, 2.05) is 0 Å². The highest BCUT2D eigenvalue weighted by atomic mass is 16.2. The lowest BCUT2D eigenvalue weighted by Crippen LogP contribution is -2.45. The van der Waals surface area contributed by atoms with Gasteiger partial charge in [0.15, 0.2) is 5.78 Å². The Morgan fingerprint density at radius 2 is 1.85 bits per heavy atom. The fourth-order valence-electron chi connectivity index (χ4n) is 4.45. The van der Waals surface area contributed by atoms with Gasteiger partial charge in [0, 0.05) is 18.4 Å². The Morgan fingerprint density at radius 3 is 2.50 bits per heavy atom. The van der Waals surface area contributed by atoms with E-state index in [0.717, 1.165) is 25.7 Å². The monoisotopic (exact) mass is 362 g/mol. The largest absolute Gasteiger partial charge is 0.369 e. The molecule has 2 heterocycles. The average molecular weight is 362 g/mol. The maximum Gasteiger partial charge on any atom is 0.227 e. The Hall–Kier alpha value is -1.92. The summed E-state index contributed by atoms with van der Waals surface area (Å²) in [4.78, 5) is 52.3. The molecule has 1 saturated carbocycles. The SMILES string of the molecule is CC(C[CH]C(=O)N1CCC2C1C(=O)CN2C(=O)C1CCCCC1)C(N)=O. The van der Waals surface area contributed by atoms with E-state index in [1.54, 1.807) is 16.7 Å². The molecule has 3 unspecified atom stereocenters. The van der Waals surface area contributed by atoms with Crippen molar-refractivity contribution in [3.05, 3.63) is 6.42 Å². The number of hydrogen-bond donors (Lipinski definition) is 1. The Balaban J connectivity index is 1.62. The van der Waals surface area contributed by atoms with Crippen LogP contribution in [0.1, 0.15) is 51.9 Å². The molecule has 0 aromatic carbocycles. The third-order valence-electron chi connectivity index (χ3n) is 6.07. The summed E-state index contributed by atoms with van der Waals surface area (Å²) in [6.45, 7) is 2.26. The number of hydrogen-bond acceptors (Lipinski definition) is 4. The van der Waals surface area contributed by atoms with Gasteiger partial charge in [-0.15, -0.1) is 0 Å². The molecule has 3 amide bonds. The summed E-state index contributed by atoms with van der Waals surface area (Å²) in [5.74, 6) is -1.04. The van der Waals surface area contributed by atoms with Gasteiger partial charge in [-0.2, -0.15) is 0 Å². The Bertz CT molecular complexity index is 600. The molecule has 7 heteroatoms. The Morgan fingerprint density at radius 1 is 1.15 bits per heavy atom. The van der Waals surface area contributed by atoms with Crippen molar-refractivity contribution >= 4 is 23.5 Å². The first kappa shape index (κ1) is 18.9. The van der Waals surface area contributed by atoms with Gasteiger partial charge in [-0.1, -0.05) is 26.2 Å². The van der Waals surface area contributed by atoms with Gasteiger partial charge in [0.25, 0.3) is 0 Å². The third-order valence-corrected chi connectivity index (χ3v) is 6.07. The number of ketones is 1. The van der Waals surface area contributed by atoms with Gasteiger partial charge in [0.05, 0.1) is 19.0 Å². The maximum atomic E-state index is 12.9. The highest BCUT2D eigenvalue weighted by Gasteiger charge is 2.51. The molecule has 26 heavy (non-hydrogen) atoms. The number of primary amides is 1. The molecule has 2 aliphatic heterocycles. The van der Waals surface area contributed by atoms with Crippen LogP contribution in [0.15, 0.2) is 0 Å². The van der Waals surface area contributed by atoms with E-state index < -0.39 is 17.9 Å². The topological polar surface area (TPSA) is 101 Å². The lowest BCUT2D eigenvalue weighted by Gasteiger charge is -2.29. The first-order valence-electron chi connectivity index (χ1n) is 9.66. The van der Waals surface area contributed by atoms with Crippen molar-refractivity contribution < 1.29 is 19.2 Å². The number of carbonyl (C=O) groups is 4. The van der Waals surface area contributed by atoms with Crippen LogP contribution < -0.4 is 5.73 Å². The molecule has 2 saturated heterocycles. The minimum atomic E-state index is -0.532. The van der Waals surface area contributed by atoms with Gasteiger partial charge in [-0.3, -0.25) is 19.2 Å². The molecule has 7 nitrogen and oxygen atoms in total. The van der Waals surface area contributed by atoms with Crippen molar-refractivity contribution in [1.82, 2.24) is 9.80 Å². The van der Waals surface area contributed by atoms with Crippen LogP contribution in [-0.4, -0.2) is 58.5 Å². The molecule has 143 valence electrons. The second kappa shape index (κ2) is 7.76. The molecule has 2 N–H and O–H groups in total. The molecule has 0 aromatic heterocycles. The average Bonchev–Trinajstić information content (AvgIpc) is 3.21. The standard InChI is InChI=1S/C19H28N3O4/c1-12(18(20)25)7-8-16(24)21-10-9-14-17(21)15(23)11-22(14)19(26)13-5-3-2-4-6-13/h8,12-14,17H,2-7,9-11H2,1H3,(H2,20,25). The number of fused-ring (bicyclic) bond motifs is 1. The molecule has 3 rings (SSSR count). The molecule has 0 spiro atoms. The van der Waals surface area contributed by atoms with Gasteiger partial charge in [0.2, 0.25) is 17.7 Å². The van der Waals surface area contributed by atoms with Crippen LogP contribution in [0.3, 0.4) is 0 Å². The normalized spacial score (nSPS) is 27.5. The predicted molar refractivity (Wildman–Crippen MR) is 94.5 cm³/mol. The molecule has 3 aliphatic rings. The number of nitrogens with zero attached hydrogens (tertiary/aromatic N) is 2. The number of carbonyl (C=O) groups excluding carboxylic acids is 4. The number of likely N-dealkylation sites (tertiary alicyclic amines) is 2. The van der Waals surface area contributed by atoms with Crippen LogP contribution in [-0.2, 0) is 19.2 Å². The quantitative estimate of drug-likeness (QED) is 0.776. The van der Waals surface area contributed by atoms with Crippen molar-refractivity contribution in [2.45, 2.75) is 64.0 Å². The summed E-state index contributed by atoms with van der Waals surface area (Å²) in [6.07, 6.45) is 7.48. The fraction of sp³-hybridized carbons (Fsp3) is 0.737.